The van der Waals surface area contributed by atoms with E-state index in [0.29, 0.717) is 59.4 Å². The summed E-state index contributed by atoms with van der Waals surface area (Å²) in [6.07, 6.45) is 4.24. The maximum atomic E-state index is 9.07. The average molecular weight is 933 g/mol. The van der Waals surface area contributed by atoms with Gasteiger partial charge in [0, 0.05) is 0 Å². The molecule has 4 aliphatic heterocycles. The second-order valence-electron chi connectivity index (χ2n) is 18.5. The van der Waals surface area contributed by atoms with Crippen molar-refractivity contribution < 1.29 is 78.7 Å². The molecule has 20 heteroatoms. The molecule has 0 bridgehead atoms. The van der Waals surface area contributed by atoms with Crippen LogP contribution in [-0.4, -0.2) is 241 Å². The number of hydrogen-bond acceptors (Lipinski definition) is 20. The number of hydrogen-bond donors (Lipinski definition) is 10. The van der Waals surface area contributed by atoms with E-state index in [-0.39, 0.29) is 77.0 Å². The Kier molecular flexibility index (Phi) is 30.7. The van der Waals surface area contributed by atoms with Crippen LogP contribution in [-0.2, 0) is 37.9 Å². The first-order valence-corrected chi connectivity index (χ1v) is 23.2. The van der Waals surface area contributed by atoms with Gasteiger partial charge in [0.1, 0.15) is 0 Å². The summed E-state index contributed by atoms with van der Waals surface area (Å²) in [5.74, 6) is -1.84. The van der Waals surface area contributed by atoms with Gasteiger partial charge in [0.05, 0.1) is 154 Å². The Labute approximate surface area is 383 Å². The predicted molar refractivity (Wildman–Crippen MR) is 240 cm³/mol. The molecular formula is C44H92N4O16. The van der Waals surface area contributed by atoms with Crippen LogP contribution in [0.3, 0.4) is 0 Å². The average Bonchev–Trinajstić information content (AvgIpc) is 3.27. The van der Waals surface area contributed by atoms with Crippen molar-refractivity contribution >= 4 is 0 Å². The summed E-state index contributed by atoms with van der Waals surface area (Å²) in [7, 11) is 0. The van der Waals surface area contributed by atoms with Gasteiger partial charge in [0.2, 0.25) is 0 Å². The van der Waals surface area contributed by atoms with Crippen molar-refractivity contribution in [3.63, 3.8) is 0 Å². The van der Waals surface area contributed by atoms with Crippen molar-refractivity contribution in [1.29, 1.82) is 0 Å². The minimum atomic E-state index is -0.473. The number of unbranched alkanes of at least 4 members (excludes halogenated alkanes) is 2. The van der Waals surface area contributed by atoms with E-state index < -0.39 is 47.3 Å². The molecule has 4 fully saturated rings. The molecule has 10 N–H and O–H groups in total. The predicted octanol–water partition coefficient (Wildman–Crippen LogP) is -0.652. The van der Waals surface area contributed by atoms with Crippen molar-refractivity contribution in [2.45, 2.75) is 166 Å². The normalized spacial score (nSPS) is 21.8. The molecule has 0 saturated carbocycles. The number of aliphatic hydroxyl groups is 8. The topological polar surface area (TPSA) is 266 Å². The zero-order chi connectivity index (χ0) is 48.4. The van der Waals surface area contributed by atoms with Gasteiger partial charge in [-0.25, -0.2) is 0 Å². The minimum absolute atomic E-state index is 0.170. The molecule has 4 aliphatic rings. The third kappa shape index (κ3) is 24.5. The molecule has 0 unspecified atom stereocenters. The van der Waals surface area contributed by atoms with E-state index in [9.17, 15) is 0 Å². The number of aliphatic hydroxyl groups excluding tert-OH is 8. The third-order valence-corrected chi connectivity index (χ3v) is 11.1. The molecule has 0 aromatic heterocycles. The molecule has 20 nitrogen and oxygen atoms in total. The molecule has 0 amide bonds. The van der Waals surface area contributed by atoms with Gasteiger partial charge in [-0.05, 0) is 81.3 Å². The van der Waals surface area contributed by atoms with Crippen LogP contribution in [0.5, 0.6) is 0 Å². The summed E-state index contributed by atoms with van der Waals surface area (Å²) < 4.78 is 45.7. The molecule has 0 atom stereocenters. The van der Waals surface area contributed by atoms with Gasteiger partial charge in [-0.3, -0.25) is 9.80 Å². The van der Waals surface area contributed by atoms with Crippen molar-refractivity contribution in [3.05, 3.63) is 0 Å². The molecule has 0 radical (unpaired) electrons. The standard InChI is InChI=1S/C16H31NO4.C12H23NO4.C10H23NO4.C6H15NO4/c1-6-7-8-17(13-9-18-15(2,3)19-10-13)14-11-20-16(4,5)21-12-14;1-11(2)14-5-9(6-15-11)13-10-7-16-12(3,4)17-8-10;1-2-3-4-11(9(5-12)6-13)10(7-14)8-15;8-1-5(2-9)7-6(3-10)4-11/h13-14H,6-12H2,1-5H3;9-10,13H,5-8H2,1-4H3;9-10,12-15H,2-8H2,1H3;5-11H,1-4H2. The molecule has 0 aromatic rings. The van der Waals surface area contributed by atoms with Crippen LogP contribution >= 0.6 is 0 Å². The van der Waals surface area contributed by atoms with E-state index in [1.165, 1.54) is 12.8 Å². The maximum absolute atomic E-state index is 9.07. The number of ether oxygens (including phenoxy) is 8. The van der Waals surface area contributed by atoms with E-state index in [4.69, 9.17) is 78.7 Å². The van der Waals surface area contributed by atoms with Crippen molar-refractivity contribution in [2.24, 2.45) is 0 Å². The zero-order valence-corrected chi connectivity index (χ0v) is 40.9. The van der Waals surface area contributed by atoms with Crippen LogP contribution in [0, 0.1) is 0 Å². The van der Waals surface area contributed by atoms with Crippen LogP contribution in [0.15, 0.2) is 0 Å². The van der Waals surface area contributed by atoms with Crippen molar-refractivity contribution in [1.82, 2.24) is 20.4 Å². The second-order valence-corrected chi connectivity index (χ2v) is 18.5. The van der Waals surface area contributed by atoms with Crippen LogP contribution in [0.2, 0.25) is 0 Å². The van der Waals surface area contributed by atoms with Crippen LogP contribution in [0.25, 0.3) is 0 Å². The quantitative estimate of drug-likeness (QED) is 0.0647. The van der Waals surface area contributed by atoms with Crippen molar-refractivity contribution in [2.75, 3.05) is 119 Å². The highest BCUT2D eigenvalue weighted by Gasteiger charge is 2.38. The number of nitrogens with one attached hydrogen (secondary N) is 2. The van der Waals surface area contributed by atoms with E-state index in [2.05, 4.69) is 22.5 Å². The third-order valence-electron chi connectivity index (χ3n) is 11.1. The first-order chi connectivity index (χ1) is 30.2. The van der Waals surface area contributed by atoms with E-state index >= 15 is 0 Å². The van der Waals surface area contributed by atoms with E-state index in [1.54, 1.807) is 4.90 Å². The summed E-state index contributed by atoms with van der Waals surface area (Å²) in [6, 6.07) is -0.769. The highest BCUT2D eigenvalue weighted by Crippen LogP contribution is 2.26. The molecule has 0 spiro atoms. The number of rotatable bonds is 22. The maximum Gasteiger partial charge on any atom is 0.162 e. The van der Waals surface area contributed by atoms with E-state index in [0.717, 1.165) is 19.4 Å². The molecule has 4 saturated heterocycles. The molecule has 0 aliphatic carbocycles. The lowest BCUT2D eigenvalue weighted by molar-refractivity contribution is -0.288. The van der Waals surface area contributed by atoms with Crippen LogP contribution in [0.4, 0.5) is 0 Å². The number of nitrogens with zero attached hydrogens (tertiary/aromatic N) is 2. The highest BCUT2D eigenvalue weighted by molar-refractivity contribution is 4.85. The summed E-state index contributed by atoms with van der Waals surface area (Å²) in [6.45, 7) is 25.5. The lowest BCUT2D eigenvalue weighted by Crippen LogP contribution is -2.58. The fraction of sp³-hybridized carbons (Fsp3) is 1.00. The molecule has 384 valence electrons. The van der Waals surface area contributed by atoms with Gasteiger partial charge in [0.25, 0.3) is 0 Å². The fourth-order valence-corrected chi connectivity index (χ4v) is 6.86. The Hall–Kier alpha value is -0.800. The summed E-state index contributed by atoms with van der Waals surface area (Å²) in [5.41, 5.74) is 0. The van der Waals surface area contributed by atoms with Crippen LogP contribution in [0.1, 0.15) is 94.9 Å². The van der Waals surface area contributed by atoms with Gasteiger partial charge in [0.15, 0.2) is 23.1 Å². The molecule has 64 heavy (non-hydrogen) atoms. The van der Waals surface area contributed by atoms with Gasteiger partial charge in [-0.15, -0.1) is 0 Å². The summed E-state index contributed by atoms with van der Waals surface area (Å²) in [4.78, 5) is 4.22. The van der Waals surface area contributed by atoms with Gasteiger partial charge >= 0.3 is 0 Å². The Balaban J connectivity index is 0.000000438. The van der Waals surface area contributed by atoms with Crippen LogP contribution < -0.4 is 10.6 Å². The Morgan fingerprint density at radius 3 is 0.984 bits per heavy atom. The Morgan fingerprint density at radius 2 is 0.719 bits per heavy atom. The van der Waals surface area contributed by atoms with Gasteiger partial charge in [-0.2, -0.15) is 0 Å². The zero-order valence-electron chi connectivity index (χ0n) is 40.9. The Bertz CT molecular complexity index is 1030. The SMILES string of the molecule is CC1(C)OCC(NC2COC(C)(C)OC2)CO1.CCCCN(C(CO)CO)C(CO)CO.CCCCN(C1COC(C)(C)OC1)C1COC(C)(C)OC1.OCC(CO)NC(CO)CO. The largest absolute Gasteiger partial charge is 0.395 e. The Morgan fingerprint density at radius 1 is 0.438 bits per heavy atom. The second kappa shape index (κ2) is 32.1. The molecule has 4 rings (SSSR count). The summed E-state index contributed by atoms with van der Waals surface area (Å²) >= 11 is 0. The lowest BCUT2D eigenvalue weighted by atomic mass is 10.1. The molecular weight excluding hydrogens is 840 g/mol. The van der Waals surface area contributed by atoms with Gasteiger partial charge in [-0.1, -0.05) is 26.7 Å². The minimum Gasteiger partial charge on any atom is -0.395 e. The fourth-order valence-electron chi connectivity index (χ4n) is 6.86. The first-order valence-electron chi connectivity index (χ1n) is 23.2. The van der Waals surface area contributed by atoms with E-state index in [1.807, 2.05) is 62.3 Å². The first kappa shape index (κ1) is 61.2. The highest BCUT2D eigenvalue weighted by atomic mass is 16.7. The summed E-state index contributed by atoms with van der Waals surface area (Å²) in [5, 5.41) is 76.7. The molecule has 0 aromatic carbocycles. The lowest BCUT2D eigenvalue weighted by Gasteiger charge is -2.46. The monoisotopic (exact) mass is 933 g/mol. The van der Waals surface area contributed by atoms with Gasteiger partial charge < -0.3 is 89.4 Å². The smallest absolute Gasteiger partial charge is 0.162 e. The molecule has 4 heterocycles. The van der Waals surface area contributed by atoms with Crippen molar-refractivity contribution in [3.8, 4) is 0 Å².